The lowest BCUT2D eigenvalue weighted by atomic mass is 9.36. The van der Waals surface area contributed by atoms with Gasteiger partial charge in [0.15, 0.2) is 0 Å². The van der Waals surface area contributed by atoms with Crippen LogP contribution in [0.4, 0.5) is 17.1 Å². The van der Waals surface area contributed by atoms with Crippen molar-refractivity contribution in [3.63, 3.8) is 0 Å². The van der Waals surface area contributed by atoms with Crippen LogP contribution in [0, 0.1) is 0 Å². The molecule has 2 aliphatic heterocycles. The van der Waals surface area contributed by atoms with Gasteiger partial charge in [0.25, 0.3) is 6.71 Å². The normalized spacial score (nSPS) is 14.4. The molecule has 1 nitrogen and oxygen atoms in total. The fourth-order valence-electron chi connectivity index (χ4n) is 5.73. The van der Waals surface area contributed by atoms with Gasteiger partial charge in [-0.2, -0.15) is 0 Å². The Bertz CT molecular complexity index is 1470. The van der Waals surface area contributed by atoms with Crippen molar-refractivity contribution in [2.24, 2.45) is 0 Å². The first kappa shape index (κ1) is 18.3. The minimum absolute atomic E-state index is 0.296. The summed E-state index contributed by atoms with van der Waals surface area (Å²) in [6.07, 6.45) is 3.49. The van der Waals surface area contributed by atoms with Crippen LogP contribution in [0.15, 0.2) is 97.1 Å². The van der Waals surface area contributed by atoms with Gasteiger partial charge < -0.3 is 4.90 Å². The smallest absolute Gasteiger partial charge is 0.260 e. The van der Waals surface area contributed by atoms with Gasteiger partial charge in [0, 0.05) is 26.2 Å². The molecule has 4 aromatic carbocycles. The van der Waals surface area contributed by atoms with Crippen molar-refractivity contribution in [1.29, 1.82) is 0 Å². The number of benzene rings is 4. The second-order valence-electron chi connectivity index (χ2n) is 8.82. The highest BCUT2D eigenvalue weighted by atomic mass is 32.1. The molecule has 5 aromatic rings. The number of rotatable bonds is 1. The number of nitrogens with zero attached hydrogens (tertiary/aromatic N) is 1. The number of fused-ring (bicyclic) bond motifs is 6. The minimum atomic E-state index is 0.296. The highest BCUT2D eigenvalue weighted by molar-refractivity contribution is 7.33. The molecule has 3 heterocycles. The van der Waals surface area contributed by atoms with E-state index in [-0.39, 0.29) is 0 Å². The second-order valence-corrected chi connectivity index (χ2v) is 9.90. The van der Waals surface area contributed by atoms with Crippen molar-refractivity contribution >= 4 is 60.9 Å². The molecule has 0 fully saturated rings. The molecular formula is C29H22BNS. The fraction of sp³-hybridized carbons (Fsp3) is 0.103. The van der Waals surface area contributed by atoms with Crippen LogP contribution >= 0.6 is 11.3 Å². The third-order valence-electron chi connectivity index (χ3n) is 7.06. The summed E-state index contributed by atoms with van der Waals surface area (Å²) in [5.74, 6) is 0. The summed E-state index contributed by atoms with van der Waals surface area (Å²) in [4.78, 5) is 2.52. The molecule has 0 aliphatic carbocycles. The summed E-state index contributed by atoms with van der Waals surface area (Å²) in [6.45, 7) is 0.296. The molecule has 2 aliphatic rings. The lowest BCUT2D eigenvalue weighted by Crippen LogP contribution is -2.58. The highest BCUT2D eigenvalue weighted by Crippen LogP contribution is 2.43. The summed E-state index contributed by atoms with van der Waals surface area (Å²) < 4.78 is 2.84. The predicted octanol–water partition coefficient (Wildman–Crippen LogP) is 5.69. The van der Waals surface area contributed by atoms with E-state index in [1.54, 1.807) is 0 Å². The topological polar surface area (TPSA) is 3.24 Å². The third-order valence-corrected chi connectivity index (χ3v) is 8.28. The third kappa shape index (κ3) is 2.58. The molecule has 0 amide bonds. The molecule has 7 rings (SSSR count). The molecule has 152 valence electrons. The summed E-state index contributed by atoms with van der Waals surface area (Å²) in [7, 11) is 0. The van der Waals surface area contributed by atoms with E-state index < -0.39 is 0 Å². The van der Waals surface area contributed by atoms with Crippen molar-refractivity contribution in [2.75, 3.05) is 4.90 Å². The van der Waals surface area contributed by atoms with Crippen LogP contribution in [0.25, 0.3) is 10.1 Å². The second kappa shape index (κ2) is 7.11. The first-order valence-electron chi connectivity index (χ1n) is 11.5. The van der Waals surface area contributed by atoms with E-state index in [2.05, 4.69) is 102 Å². The van der Waals surface area contributed by atoms with Gasteiger partial charge in [-0.05, 0) is 49.0 Å². The largest absolute Gasteiger partial charge is 0.310 e. The Morgan fingerprint density at radius 2 is 1.44 bits per heavy atom. The molecule has 0 N–H and O–H groups in total. The van der Waals surface area contributed by atoms with Crippen LogP contribution in [-0.2, 0) is 12.8 Å². The number of hydrogen-bond acceptors (Lipinski definition) is 2. The van der Waals surface area contributed by atoms with E-state index in [0.29, 0.717) is 6.71 Å². The Morgan fingerprint density at radius 3 is 2.38 bits per heavy atom. The summed E-state index contributed by atoms with van der Waals surface area (Å²) in [6, 6.07) is 35.9. The maximum Gasteiger partial charge on any atom is 0.260 e. The Balaban J connectivity index is 1.63. The number of anilines is 3. The summed E-state index contributed by atoms with van der Waals surface area (Å²) in [5, 5.41) is 1.35. The molecule has 0 spiro atoms. The zero-order valence-corrected chi connectivity index (χ0v) is 18.6. The first-order chi connectivity index (χ1) is 15.9. The maximum atomic E-state index is 2.52. The molecule has 0 atom stereocenters. The van der Waals surface area contributed by atoms with Crippen LogP contribution in [0.5, 0.6) is 0 Å². The molecule has 0 saturated carbocycles. The monoisotopic (exact) mass is 427 g/mol. The summed E-state index contributed by atoms with van der Waals surface area (Å²) >= 11 is 1.97. The highest BCUT2D eigenvalue weighted by Gasteiger charge is 2.40. The quantitative estimate of drug-likeness (QED) is 0.305. The molecule has 3 heteroatoms. The molecule has 0 saturated heterocycles. The van der Waals surface area contributed by atoms with Gasteiger partial charge in [-0.15, -0.1) is 11.3 Å². The van der Waals surface area contributed by atoms with Crippen molar-refractivity contribution in [3.8, 4) is 0 Å². The lowest BCUT2D eigenvalue weighted by molar-refractivity contribution is 0.824. The van der Waals surface area contributed by atoms with Crippen LogP contribution in [0.1, 0.15) is 17.5 Å². The number of para-hydroxylation sites is 1. The summed E-state index contributed by atoms with van der Waals surface area (Å²) in [5.41, 5.74) is 9.94. The Hall–Kier alpha value is -3.30. The van der Waals surface area contributed by atoms with E-state index in [1.807, 2.05) is 11.3 Å². The zero-order chi connectivity index (χ0) is 21.1. The van der Waals surface area contributed by atoms with E-state index in [4.69, 9.17) is 0 Å². The van der Waals surface area contributed by atoms with E-state index in [1.165, 1.54) is 60.4 Å². The predicted molar refractivity (Wildman–Crippen MR) is 140 cm³/mol. The molecule has 0 unspecified atom stereocenters. The van der Waals surface area contributed by atoms with E-state index in [0.717, 1.165) is 12.8 Å². The molecule has 32 heavy (non-hydrogen) atoms. The van der Waals surface area contributed by atoms with Gasteiger partial charge in [-0.25, -0.2) is 0 Å². The first-order valence-corrected chi connectivity index (χ1v) is 12.3. The molecule has 0 bridgehead atoms. The van der Waals surface area contributed by atoms with Crippen molar-refractivity contribution in [2.45, 2.75) is 19.3 Å². The number of thiophene rings is 1. The average Bonchev–Trinajstić information content (AvgIpc) is 3.21. The van der Waals surface area contributed by atoms with Gasteiger partial charge in [0.2, 0.25) is 0 Å². The molecule has 0 radical (unpaired) electrons. The van der Waals surface area contributed by atoms with E-state index in [9.17, 15) is 0 Å². The fourth-order valence-corrected chi connectivity index (χ4v) is 7.05. The van der Waals surface area contributed by atoms with Crippen molar-refractivity contribution < 1.29 is 0 Å². The van der Waals surface area contributed by atoms with Gasteiger partial charge in [0.1, 0.15) is 0 Å². The molecule has 1 aromatic heterocycles. The van der Waals surface area contributed by atoms with Gasteiger partial charge in [-0.3, -0.25) is 0 Å². The SMILES string of the molecule is c1ccc(N2c3cccc4c3B(c3ccccc3CCC4)c3sc4ccccc4c32)cc1. The Kier molecular flexibility index (Phi) is 4.07. The lowest BCUT2D eigenvalue weighted by Gasteiger charge is -2.37. The van der Waals surface area contributed by atoms with Crippen LogP contribution in [0.2, 0.25) is 0 Å². The van der Waals surface area contributed by atoms with Gasteiger partial charge in [-0.1, -0.05) is 89.4 Å². The average molecular weight is 427 g/mol. The molecular weight excluding hydrogens is 405 g/mol. The number of hydrogen-bond donors (Lipinski definition) is 0. The van der Waals surface area contributed by atoms with E-state index >= 15 is 0 Å². The van der Waals surface area contributed by atoms with Gasteiger partial charge in [0.05, 0.1) is 5.69 Å². The minimum Gasteiger partial charge on any atom is -0.310 e. The Morgan fingerprint density at radius 1 is 0.688 bits per heavy atom. The van der Waals surface area contributed by atoms with Crippen LogP contribution in [0.3, 0.4) is 0 Å². The number of aryl methyl sites for hydroxylation is 2. The van der Waals surface area contributed by atoms with Gasteiger partial charge >= 0.3 is 0 Å². The van der Waals surface area contributed by atoms with Crippen LogP contribution in [-0.4, -0.2) is 6.71 Å². The zero-order valence-electron chi connectivity index (χ0n) is 17.8. The van der Waals surface area contributed by atoms with Crippen LogP contribution < -0.4 is 20.6 Å². The Labute approximate surface area is 193 Å². The van der Waals surface area contributed by atoms with Crippen molar-refractivity contribution in [3.05, 3.63) is 108 Å². The maximum absolute atomic E-state index is 2.52. The standard InChI is InChI=1S/C29H22BNS/c1-2-14-22(15-3-1)31-25-18-9-13-21-12-8-11-20-10-4-6-17-24(20)30(27(21)25)29-28(31)23-16-5-7-19-26(23)32-29/h1-7,9-10,13-19H,8,11-12H2. The van der Waals surface area contributed by atoms with Crippen molar-refractivity contribution in [1.82, 2.24) is 0 Å².